The second-order valence-electron chi connectivity index (χ2n) is 4.04. The summed E-state index contributed by atoms with van der Waals surface area (Å²) in [5, 5.41) is 20.2. The zero-order chi connectivity index (χ0) is 13.4. The van der Waals surface area contributed by atoms with Gasteiger partial charge in [-0.2, -0.15) is 5.26 Å². The van der Waals surface area contributed by atoms with E-state index in [-0.39, 0.29) is 5.54 Å². The summed E-state index contributed by atoms with van der Waals surface area (Å²) in [4.78, 5) is 0. The summed E-state index contributed by atoms with van der Waals surface area (Å²) in [6, 6.07) is 2.31. The smallest absolute Gasteiger partial charge is 0.175 e. The summed E-state index contributed by atoms with van der Waals surface area (Å²) in [5.74, 6) is 1.04. The second kappa shape index (κ2) is 8.00. The minimum absolute atomic E-state index is 0.389. The first-order valence-electron chi connectivity index (χ1n) is 5.74. The molecule has 0 aliphatic rings. The summed E-state index contributed by atoms with van der Waals surface area (Å²) in [6.07, 6.45) is 5.03. The molecule has 0 amide bonds. The normalized spacial score (nSPS) is 14.1. The molecule has 1 atom stereocenters. The van der Waals surface area contributed by atoms with Gasteiger partial charge in [0.1, 0.15) is 5.54 Å². The van der Waals surface area contributed by atoms with Crippen LogP contribution in [0.2, 0.25) is 0 Å². The molecule has 1 unspecified atom stereocenters. The Hall–Kier alpha value is -0.290. The van der Waals surface area contributed by atoms with Crippen molar-refractivity contribution in [3.8, 4) is 6.07 Å². The van der Waals surface area contributed by atoms with Crippen molar-refractivity contribution < 1.29 is 0 Å². The van der Waals surface area contributed by atoms with Crippen molar-refractivity contribution >= 4 is 34.9 Å². The number of unbranched alkanes of at least 4 members (excludes halogenated alkanes) is 1. The minimum atomic E-state index is -0.389. The predicted octanol–water partition coefficient (Wildman–Crippen LogP) is 3.02. The Balaban J connectivity index is 2.18. The second-order valence-corrected chi connectivity index (χ2v) is 7.41. The Bertz CT molecular complexity index is 401. The molecule has 1 heterocycles. The van der Waals surface area contributed by atoms with Crippen LogP contribution >= 0.6 is 34.9 Å². The number of nitrogens with one attached hydrogen (secondary N) is 1. The highest BCUT2D eigenvalue weighted by atomic mass is 32.2. The minimum Gasteiger partial charge on any atom is -0.303 e. The van der Waals surface area contributed by atoms with Gasteiger partial charge in [0, 0.05) is 5.75 Å². The molecule has 1 aromatic heterocycles. The van der Waals surface area contributed by atoms with Gasteiger partial charge in [-0.3, -0.25) is 0 Å². The first-order chi connectivity index (χ1) is 8.63. The van der Waals surface area contributed by atoms with Gasteiger partial charge >= 0.3 is 0 Å². The number of rotatable bonds is 8. The van der Waals surface area contributed by atoms with E-state index in [1.807, 2.05) is 20.2 Å². The predicted molar refractivity (Wildman–Crippen MR) is 79.3 cm³/mol. The Morgan fingerprint density at radius 2 is 2.11 bits per heavy atom. The summed E-state index contributed by atoms with van der Waals surface area (Å²) in [6.45, 7) is 1.94. The fraction of sp³-hybridized carbons (Fsp3) is 0.727. The molecule has 0 aliphatic carbocycles. The lowest BCUT2D eigenvalue weighted by Crippen LogP contribution is -2.37. The van der Waals surface area contributed by atoms with Crippen LogP contribution in [0.3, 0.4) is 0 Å². The lowest BCUT2D eigenvalue weighted by Gasteiger charge is -2.19. The number of hydrogen-bond donors (Lipinski definition) is 1. The van der Waals surface area contributed by atoms with Gasteiger partial charge in [0.25, 0.3) is 0 Å². The van der Waals surface area contributed by atoms with Gasteiger partial charge in [-0.05, 0) is 39.5 Å². The van der Waals surface area contributed by atoms with Crippen molar-refractivity contribution in [2.24, 2.45) is 0 Å². The highest BCUT2D eigenvalue weighted by molar-refractivity contribution is 8.02. The third-order valence-electron chi connectivity index (χ3n) is 2.66. The third-order valence-corrected chi connectivity index (χ3v) is 5.78. The molecule has 1 aromatic rings. The molecule has 4 nitrogen and oxygen atoms in total. The van der Waals surface area contributed by atoms with Crippen LogP contribution in [0.5, 0.6) is 0 Å². The molecule has 0 saturated carbocycles. The molecule has 0 spiro atoms. The molecule has 0 saturated heterocycles. The molecule has 18 heavy (non-hydrogen) atoms. The van der Waals surface area contributed by atoms with Crippen LogP contribution in [0.1, 0.15) is 26.2 Å². The highest BCUT2D eigenvalue weighted by Gasteiger charge is 2.19. The van der Waals surface area contributed by atoms with E-state index in [1.54, 1.807) is 34.9 Å². The maximum atomic E-state index is 9.01. The van der Waals surface area contributed by atoms with Crippen molar-refractivity contribution in [3.05, 3.63) is 0 Å². The topological polar surface area (TPSA) is 61.6 Å². The molecule has 0 aliphatic heterocycles. The van der Waals surface area contributed by atoms with Gasteiger partial charge in [-0.25, -0.2) is 0 Å². The maximum absolute atomic E-state index is 9.01. The van der Waals surface area contributed by atoms with Crippen LogP contribution in [0.25, 0.3) is 0 Å². The van der Waals surface area contributed by atoms with Crippen LogP contribution in [0.4, 0.5) is 0 Å². The van der Waals surface area contributed by atoms with Crippen LogP contribution in [0, 0.1) is 11.3 Å². The molecular formula is C11H18N4S3. The Labute approximate surface area is 121 Å². The summed E-state index contributed by atoms with van der Waals surface area (Å²) < 4.78 is 2.06. The van der Waals surface area contributed by atoms with E-state index in [0.29, 0.717) is 0 Å². The number of aromatic nitrogens is 2. The Morgan fingerprint density at radius 1 is 1.39 bits per heavy atom. The van der Waals surface area contributed by atoms with Gasteiger partial charge < -0.3 is 5.32 Å². The largest absolute Gasteiger partial charge is 0.303 e. The van der Waals surface area contributed by atoms with Gasteiger partial charge in [0.05, 0.1) is 6.07 Å². The van der Waals surface area contributed by atoms with Crippen molar-refractivity contribution in [1.29, 1.82) is 5.26 Å². The van der Waals surface area contributed by atoms with Crippen molar-refractivity contribution in [1.82, 2.24) is 15.5 Å². The van der Waals surface area contributed by atoms with Gasteiger partial charge in [-0.15, -0.1) is 10.2 Å². The standard InChI is InChI=1S/C11H18N4S3/c1-11(8-12,13-2)6-4-5-7-17-10-15-14-9(16-3)18-10/h13H,4-7H2,1-3H3. The zero-order valence-corrected chi connectivity index (χ0v) is 13.3. The number of nitrogens with zero attached hydrogens (tertiary/aromatic N) is 3. The Kier molecular flexibility index (Phi) is 7.00. The van der Waals surface area contributed by atoms with E-state index in [9.17, 15) is 0 Å². The molecule has 1 N–H and O–H groups in total. The molecule has 0 bridgehead atoms. The summed E-state index contributed by atoms with van der Waals surface area (Å²) in [7, 11) is 1.84. The lowest BCUT2D eigenvalue weighted by atomic mass is 9.97. The van der Waals surface area contributed by atoms with E-state index in [4.69, 9.17) is 5.26 Å². The van der Waals surface area contributed by atoms with E-state index in [2.05, 4.69) is 21.6 Å². The number of hydrogen-bond acceptors (Lipinski definition) is 7. The molecule has 100 valence electrons. The average Bonchev–Trinajstić information content (AvgIpc) is 2.86. The van der Waals surface area contributed by atoms with E-state index in [1.165, 1.54) is 0 Å². The SMILES string of the molecule is CNC(C)(C#N)CCCCSc1nnc(SC)s1. The lowest BCUT2D eigenvalue weighted by molar-refractivity contribution is 0.439. The van der Waals surface area contributed by atoms with Crippen LogP contribution in [0.15, 0.2) is 8.68 Å². The maximum Gasteiger partial charge on any atom is 0.175 e. The quantitative estimate of drug-likeness (QED) is 0.588. The van der Waals surface area contributed by atoms with Crippen molar-refractivity contribution in [2.45, 2.75) is 40.4 Å². The number of nitriles is 1. The molecule has 1 rings (SSSR count). The molecule has 7 heteroatoms. The fourth-order valence-electron chi connectivity index (χ4n) is 1.31. The zero-order valence-electron chi connectivity index (χ0n) is 10.9. The van der Waals surface area contributed by atoms with Crippen molar-refractivity contribution in [2.75, 3.05) is 19.1 Å². The number of thioether (sulfide) groups is 2. The van der Waals surface area contributed by atoms with Gasteiger partial charge in [-0.1, -0.05) is 34.9 Å². The molecule has 0 fully saturated rings. The first kappa shape index (κ1) is 15.8. The van der Waals surface area contributed by atoms with E-state index in [0.717, 1.165) is 33.7 Å². The molecule has 0 radical (unpaired) electrons. The monoisotopic (exact) mass is 302 g/mol. The van der Waals surface area contributed by atoms with Gasteiger partial charge in [0.15, 0.2) is 8.68 Å². The van der Waals surface area contributed by atoms with Crippen molar-refractivity contribution in [3.63, 3.8) is 0 Å². The summed E-state index contributed by atoms with van der Waals surface area (Å²) in [5.41, 5.74) is -0.389. The van der Waals surface area contributed by atoms with Crippen LogP contribution < -0.4 is 5.32 Å². The summed E-state index contributed by atoms with van der Waals surface area (Å²) >= 11 is 5.03. The fourth-order valence-corrected chi connectivity index (χ4v) is 3.82. The molecule has 0 aromatic carbocycles. The third kappa shape index (κ3) is 5.14. The van der Waals surface area contributed by atoms with E-state index < -0.39 is 0 Å². The highest BCUT2D eigenvalue weighted by Crippen LogP contribution is 2.28. The van der Waals surface area contributed by atoms with E-state index >= 15 is 0 Å². The van der Waals surface area contributed by atoms with Gasteiger partial charge in [0.2, 0.25) is 0 Å². The Morgan fingerprint density at radius 3 is 2.67 bits per heavy atom. The molecular weight excluding hydrogens is 284 g/mol. The average molecular weight is 302 g/mol. The first-order valence-corrected chi connectivity index (χ1v) is 8.76. The van der Waals surface area contributed by atoms with Crippen LogP contribution in [-0.2, 0) is 0 Å². The van der Waals surface area contributed by atoms with Crippen LogP contribution in [-0.4, -0.2) is 34.8 Å².